The predicted molar refractivity (Wildman–Crippen MR) is 73.8 cm³/mol. The molecule has 1 aromatic carbocycles. The first kappa shape index (κ1) is 15.0. The lowest BCUT2D eigenvalue weighted by Crippen LogP contribution is -2.50. The number of nitrogens with zero attached hydrogens (tertiary/aromatic N) is 3. The van der Waals surface area contributed by atoms with Crippen LogP contribution in [0.5, 0.6) is 5.75 Å². The summed E-state index contributed by atoms with van der Waals surface area (Å²) < 4.78 is 13.7. The number of carbonyl (C=O) groups excluding carboxylic acids is 1. The Morgan fingerprint density at radius 2 is 2.00 bits per heavy atom. The number of nitrogens with two attached hydrogens (primary N) is 1. The molecule has 1 amide bonds. The number of amides is 1. The van der Waals surface area contributed by atoms with Crippen LogP contribution in [0.4, 0.5) is 4.39 Å². The predicted octanol–water partition coefficient (Wildman–Crippen LogP) is 0.0355. The first-order valence-electron chi connectivity index (χ1n) is 6.48. The van der Waals surface area contributed by atoms with Crippen molar-refractivity contribution in [2.24, 2.45) is 10.9 Å². The maximum absolute atomic E-state index is 13.7. The highest BCUT2D eigenvalue weighted by Crippen LogP contribution is 2.17. The van der Waals surface area contributed by atoms with E-state index in [2.05, 4.69) is 5.16 Å². The van der Waals surface area contributed by atoms with E-state index in [4.69, 9.17) is 16.0 Å². The van der Waals surface area contributed by atoms with Crippen LogP contribution in [0, 0.1) is 5.82 Å². The molecule has 114 valence electrons. The Labute approximate surface area is 121 Å². The van der Waals surface area contributed by atoms with Crippen molar-refractivity contribution in [3.05, 3.63) is 29.6 Å². The number of phenols is 1. The van der Waals surface area contributed by atoms with Crippen LogP contribution >= 0.6 is 0 Å². The normalized spacial score (nSPS) is 17.0. The number of carbonyl (C=O) groups is 1. The van der Waals surface area contributed by atoms with E-state index in [9.17, 15) is 9.18 Å². The van der Waals surface area contributed by atoms with Crippen LogP contribution in [-0.4, -0.2) is 64.6 Å². The van der Waals surface area contributed by atoms with Crippen molar-refractivity contribution in [2.45, 2.75) is 0 Å². The number of aromatic hydroxyl groups is 1. The number of amidine groups is 1. The fraction of sp³-hybridized carbons (Fsp3) is 0.385. The lowest BCUT2D eigenvalue weighted by molar-refractivity contribution is 0.0648. The van der Waals surface area contributed by atoms with E-state index >= 15 is 0 Å². The first-order chi connectivity index (χ1) is 10.0. The molecule has 8 heteroatoms. The highest BCUT2D eigenvalue weighted by Gasteiger charge is 2.24. The second kappa shape index (κ2) is 6.40. The molecule has 0 unspecified atom stereocenters. The number of hydrogen-bond donors (Lipinski definition) is 3. The van der Waals surface area contributed by atoms with E-state index in [1.807, 2.05) is 4.90 Å². The Hall–Kier alpha value is -2.35. The van der Waals surface area contributed by atoms with Crippen molar-refractivity contribution >= 4 is 11.7 Å². The lowest BCUT2D eigenvalue weighted by atomic mass is 10.1. The van der Waals surface area contributed by atoms with Crippen molar-refractivity contribution in [1.82, 2.24) is 9.80 Å². The fourth-order valence-corrected chi connectivity index (χ4v) is 2.22. The van der Waals surface area contributed by atoms with Gasteiger partial charge in [-0.3, -0.25) is 9.69 Å². The van der Waals surface area contributed by atoms with E-state index in [0.717, 1.165) is 6.07 Å². The van der Waals surface area contributed by atoms with E-state index in [1.165, 1.54) is 17.0 Å². The van der Waals surface area contributed by atoms with Gasteiger partial charge in [-0.2, -0.15) is 0 Å². The van der Waals surface area contributed by atoms with Gasteiger partial charge in [0.25, 0.3) is 5.91 Å². The molecule has 0 radical (unpaired) electrons. The molecule has 2 rings (SSSR count). The van der Waals surface area contributed by atoms with Gasteiger partial charge in [-0.1, -0.05) is 5.16 Å². The Bertz CT molecular complexity index is 556. The van der Waals surface area contributed by atoms with Gasteiger partial charge in [0.1, 0.15) is 11.6 Å². The van der Waals surface area contributed by atoms with Gasteiger partial charge in [0.15, 0.2) is 5.84 Å². The van der Waals surface area contributed by atoms with E-state index in [0.29, 0.717) is 32.7 Å². The monoisotopic (exact) mass is 296 g/mol. The van der Waals surface area contributed by atoms with Crippen LogP contribution in [0.25, 0.3) is 0 Å². The number of hydrogen-bond acceptors (Lipinski definition) is 5. The summed E-state index contributed by atoms with van der Waals surface area (Å²) in [6.45, 7) is 2.30. The second-order valence-electron chi connectivity index (χ2n) is 4.82. The summed E-state index contributed by atoms with van der Waals surface area (Å²) in [5.74, 6) is -1.25. The molecule has 1 fully saturated rings. The van der Waals surface area contributed by atoms with Gasteiger partial charge in [-0.05, 0) is 12.1 Å². The van der Waals surface area contributed by atoms with Crippen molar-refractivity contribution in [3.8, 4) is 5.75 Å². The summed E-state index contributed by atoms with van der Waals surface area (Å²) in [6.07, 6.45) is 0. The van der Waals surface area contributed by atoms with Crippen LogP contribution in [0.3, 0.4) is 0 Å². The highest BCUT2D eigenvalue weighted by molar-refractivity contribution is 5.94. The molecule has 0 aromatic heterocycles. The average molecular weight is 296 g/mol. The minimum Gasteiger partial charge on any atom is -0.508 e. The molecule has 0 bridgehead atoms. The Kier molecular flexibility index (Phi) is 4.59. The third-order valence-corrected chi connectivity index (χ3v) is 3.36. The Morgan fingerprint density at radius 3 is 2.57 bits per heavy atom. The number of halogens is 1. The van der Waals surface area contributed by atoms with Crippen LogP contribution in [0.2, 0.25) is 0 Å². The zero-order chi connectivity index (χ0) is 15.4. The summed E-state index contributed by atoms with van der Waals surface area (Å²) in [5, 5.41) is 20.6. The summed E-state index contributed by atoms with van der Waals surface area (Å²) in [5.41, 5.74) is 5.37. The Balaban J connectivity index is 1.97. The molecule has 1 aliphatic rings. The van der Waals surface area contributed by atoms with Crippen molar-refractivity contribution in [2.75, 3.05) is 32.7 Å². The summed E-state index contributed by atoms with van der Waals surface area (Å²) >= 11 is 0. The third kappa shape index (κ3) is 3.60. The largest absolute Gasteiger partial charge is 0.508 e. The first-order valence-corrected chi connectivity index (χ1v) is 6.48. The zero-order valence-corrected chi connectivity index (χ0v) is 11.4. The maximum atomic E-state index is 13.7. The number of oxime groups is 1. The molecular formula is C13H17FN4O3. The lowest BCUT2D eigenvalue weighted by Gasteiger charge is -2.34. The molecule has 4 N–H and O–H groups in total. The standard InChI is InChI=1S/C13H17FN4O3/c14-11-7-9(19)1-2-10(11)13(20)18-5-3-17(4-6-18)8-12(15)16-21/h1-2,7,19,21H,3-6,8H2,(H2,15,16). The SMILES string of the molecule is N/C(CN1CCN(C(=O)c2ccc(O)cc2F)CC1)=N/O. The van der Waals surface area contributed by atoms with Crippen molar-refractivity contribution < 1.29 is 19.5 Å². The van der Waals surface area contributed by atoms with Gasteiger partial charge in [0.05, 0.1) is 12.1 Å². The molecule has 0 atom stereocenters. The maximum Gasteiger partial charge on any atom is 0.256 e. The molecule has 21 heavy (non-hydrogen) atoms. The average Bonchev–Trinajstić information content (AvgIpc) is 2.47. The molecule has 0 aliphatic carbocycles. The molecule has 1 aliphatic heterocycles. The van der Waals surface area contributed by atoms with E-state index in [-0.39, 0.29) is 17.1 Å². The summed E-state index contributed by atoms with van der Waals surface area (Å²) in [7, 11) is 0. The Morgan fingerprint density at radius 1 is 1.33 bits per heavy atom. The second-order valence-corrected chi connectivity index (χ2v) is 4.82. The van der Waals surface area contributed by atoms with Gasteiger partial charge in [-0.15, -0.1) is 0 Å². The summed E-state index contributed by atoms with van der Waals surface area (Å²) in [6, 6.07) is 3.47. The van der Waals surface area contributed by atoms with Gasteiger partial charge >= 0.3 is 0 Å². The molecule has 0 saturated carbocycles. The minimum absolute atomic E-state index is 0.0577. The van der Waals surface area contributed by atoms with Crippen molar-refractivity contribution in [1.29, 1.82) is 0 Å². The van der Waals surface area contributed by atoms with Crippen LogP contribution in [0.1, 0.15) is 10.4 Å². The quantitative estimate of drug-likeness (QED) is 0.316. The molecule has 1 heterocycles. The zero-order valence-electron chi connectivity index (χ0n) is 11.4. The number of benzene rings is 1. The van der Waals surface area contributed by atoms with Crippen molar-refractivity contribution in [3.63, 3.8) is 0 Å². The summed E-state index contributed by atoms with van der Waals surface area (Å²) in [4.78, 5) is 15.7. The third-order valence-electron chi connectivity index (χ3n) is 3.36. The van der Waals surface area contributed by atoms with Gasteiger partial charge in [0.2, 0.25) is 0 Å². The van der Waals surface area contributed by atoms with Crippen LogP contribution < -0.4 is 5.73 Å². The van der Waals surface area contributed by atoms with Crippen LogP contribution in [0.15, 0.2) is 23.4 Å². The molecule has 7 nitrogen and oxygen atoms in total. The topological polar surface area (TPSA) is 102 Å². The van der Waals surface area contributed by atoms with E-state index in [1.54, 1.807) is 0 Å². The number of rotatable bonds is 3. The molecule has 1 aromatic rings. The van der Waals surface area contributed by atoms with Gasteiger partial charge in [0, 0.05) is 32.2 Å². The molecule has 1 saturated heterocycles. The molecular weight excluding hydrogens is 279 g/mol. The fourth-order valence-electron chi connectivity index (χ4n) is 2.22. The minimum atomic E-state index is -0.737. The molecule has 0 spiro atoms. The highest BCUT2D eigenvalue weighted by atomic mass is 19.1. The van der Waals surface area contributed by atoms with Gasteiger partial charge in [-0.25, -0.2) is 4.39 Å². The smallest absolute Gasteiger partial charge is 0.256 e. The van der Waals surface area contributed by atoms with Crippen LogP contribution in [-0.2, 0) is 0 Å². The van der Waals surface area contributed by atoms with E-state index < -0.39 is 11.7 Å². The number of phenolic OH excluding ortho intramolecular Hbond substituents is 1. The number of piperazine rings is 1. The van der Waals surface area contributed by atoms with Gasteiger partial charge < -0.3 is 20.9 Å².